The Kier molecular flexibility index (Phi) is 4.58. The van der Waals surface area contributed by atoms with E-state index in [1.54, 1.807) is 24.9 Å². The number of aliphatic hydroxyl groups excluding tert-OH is 1. The van der Waals surface area contributed by atoms with Crippen LogP contribution in [0.5, 0.6) is 5.88 Å². The second-order valence-corrected chi connectivity index (χ2v) is 6.59. The number of ether oxygens (including phenoxy) is 1. The van der Waals surface area contributed by atoms with Gasteiger partial charge in [-0.15, -0.1) is 11.3 Å². The third-order valence-electron chi connectivity index (χ3n) is 4.19. The van der Waals surface area contributed by atoms with Crippen molar-refractivity contribution >= 4 is 17.2 Å². The summed E-state index contributed by atoms with van der Waals surface area (Å²) in [6.45, 7) is 1.82. The van der Waals surface area contributed by atoms with Crippen LogP contribution in [0.25, 0.3) is 0 Å². The zero-order valence-corrected chi connectivity index (χ0v) is 13.8. The zero-order valence-electron chi connectivity index (χ0n) is 13.0. The molecule has 0 aromatic carbocycles. The van der Waals surface area contributed by atoms with Gasteiger partial charge in [-0.1, -0.05) is 6.07 Å². The van der Waals surface area contributed by atoms with Crippen LogP contribution in [0.3, 0.4) is 0 Å². The highest BCUT2D eigenvalue weighted by molar-refractivity contribution is 7.11. The molecule has 0 bridgehead atoms. The molecule has 1 aliphatic carbocycles. The number of pyridine rings is 1. The Morgan fingerprint density at radius 1 is 1.43 bits per heavy atom. The van der Waals surface area contributed by atoms with Crippen LogP contribution >= 0.6 is 11.3 Å². The van der Waals surface area contributed by atoms with E-state index in [9.17, 15) is 9.90 Å². The summed E-state index contributed by atoms with van der Waals surface area (Å²) >= 11 is 1.33. The molecular formula is C16H19N3O3S. The maximum atomic E-state index is 12.5. The minimum Gasteiger partial charge on any atom is -0.481 e. The van der Waals surface area contributed by atoms with Crippen molar-refractivity contribution in [2.45, 2.75) is 31.9 Å². The Balaban J connectivity index is 1.80. The summed E-state index contributed by atoms with van der Waals surface area (Å²) in [6.07, 6.45) is 2.79. The van der Waals surface area contributed by atoms with Crippen LogP contribution < -0.4 is 10.1 Å². The first kappa shape index (κ1) is 15.9. The van der Waals surface area contributed by atoms with Crippen LogP contribution in [-0.2, 0) is 0 Å². The molecule has 3 rings (SSSR count). The maximum Gasteiger partial charge on any atom is 0.263 e. The normalized spacial score (nSPS) is 21.3. The van der Waals surface area contributed by atoms with Gasteiger partial charge in [-0.05, 0) is 31.2 Å². The van der Waals surface area contributed by atoms with Crippen LogP contribution in [0.4, 0.5) is 0 Å². The topological polar surface area (TPSA) is 84.3 Å². The fourth-order valence-corrected chi connectivity index (χ4v) is 3.50. The smallest absolute Gasteiger partial charge is 0.263 e. The standard InChI is InChI=1S/C16H19N3O3S/c1-9-15(23-8-18-9)16(21)19-14(11-5-12(20)6-11)10-3-4-13(22-2)17-7-10/h3-4,7-8,11-12,14,20H,5-6H2,1-2H3,(H,19,21). The van der Waals surface area contributed by atoms with Gasteiger partial charge in [0.1, 0.15) is 4.88 Å². The number of carbonyl (C=O) groups excluding carboxylic acids is 1. The van der Waals surface area contributed by atoms with Gasteiger partial charge in [0.25, 0.3) is 5.91 Å². The first-order valence-corrected chi connectivity index (χ1v) is 8.35. The van der Waals surface area contributed by atoms with Gasteiger partial charge in [-0.25, -0.2) is 9.97 Å². The maximum absolute atomic E-state index is 12.5. The predicted molar refractivity (Wildman–Crippen MR) is 86.6 cm³/mol. The largest absolute Gasteiger partial charge is 0.481 e. The van der Waals surface area contributed by atoms with Gasteiger partial charge < -0.3 is 15.2 Å². The number of aryl methyl sites for hydroxylation is 1. The first-order valence-electron chi connectivity index (χ1n) is 7.47. The molecule has 122 valence electrons. The van der Waals surface area contributed by atoms with Crippen LogP contribution in [0.15, 0.2) is 23.8 Å². The number of aliphatic hydroxyl groups is 1. The lowest BCUT2D eigenvalue weighted by atomic mass is 9.75. The van der Waals surface area contributed by atoms with Gasteiger partial charge in [0.05, 0.1) is 30.5 Å². The summed E-state index contributed by atoms with van der Waals surface area (Å²) in [5.41, 5.74) is 3.31. The molecule has 0 radical (unpaired) electrons. The van der Waals surface area contributed by atoms with E-state index in [0.717, 1.165) is 11.3 Å². The fraction of sp³-hybridized carbons (Fsp3) is 0.438. The molecular weight excluding hydrogens is 314 g/mol. The Hall–Kier alpha value is -1.99. The Labute approximate surface area is 138 Å². The summed E-state index contributed by atoms with van der Waals surface area (Å²) < 4.78 is 5.08. The monoisotopic (exact) mass is 333 g/mol. The van der Waals surface area contributed by atoms with Crippen molar-refractivity contribution in [1.82, 2.24) is 15.3 Å². The van der Waals surface area contributed by atoms with E-state index in [0.29, 0.717) is 23.6 Å². The van der Waals surface area contributed by atoms with E-state index >= 15 is 0 Å². The molecule has 2 N–H and O–H groups in total. The summed E-state index contributed by atoms with van der Waals surface area (Å²) in [4.78, 5) is 21.5. The van der Waals surface area contributed by atoms with E-state index in [1.807, 2.05) is 13.0 Å². The number of amides is 1. The highest BCUT2D eigenvalue weighted by Gasteiger charge is 2.36. The lowest BCUT2D eigenvalue weighted by Gasteiger charge is -2.38. The zero-order chi connectivity index (χ0) is 16.4. The molecule has 0 aliphatic heterocycles. The molecule has 7 heteroatoms. The fourth-order valence-electron chi connectivity index (χ4n) is 2.80. The van der Waals surface area contributed by atoms with Crippen LogP contribution in [-0.4, -0.2) is 34.2 Å². The molecule has 1 aliphatic rings. The van der Waals surface area contributed by atoms with Crippen molar-refractivity contribution in [2.24, 2.45) is 5.92 Å². The molecule has 1 fully saturated rings. The van der Waals surface area contributed by atoms with Crippen molar-refractivity contribution in [3.63, 3.8) is 0 Å². The highest BCUT2D eigenvalue weighted by atomic mass is 32.1. The minimum atomic E-state index is -0.282. The molecule has 0 saturated heterocycles. The lowest BCUT2D eigenvalue weighted by molar-refractivity contribution is 0.0235. The van der Waals surface area contributed by atoms with Gasteiger partial charge in [0.2, 0.25) is 5.88 Å². The highest BCUT2D eigenvalue weighted by Crippen LogP contribution is 2.38. The third-order valence-corrected chi connectivity index (χ3v) is 5.11. The Bertz CT molecular complexity index is 680. The number of hydrogen-bond acceptors (Lipinski definition) is 6. The molecule has 6 nitrogen and oxygen atoms in total. The number of methoxy groups -OCH3 is 1. The number of carbonyl (C=O) groups is 1. The quantitative estimate of drug-likeness (QED) is 0.875. The van der Waals surface area contributed by atoms with Crippen LogP contribution in [0.1, 0.15) is 39.8 Å². The van der Waals surface area contributed by atoms with Crippen molar-refractivity contribution in [3.8, 4) is 5.88 Å². The van der Waals surface area contributed by atoms with Crippen LogP contribution in [0, 0.1) is 12.8 Å². The van der Waals surface area contributed by atoms with E-state index in [2.05, 4.69) is 15.3 Å². The third kappa shape index (κ3) is 3.35. The molecule has 1 amide bonds. The number of thiazole rings is 1. The first-order chi connectivity index (χ1) is 11.1. The van der Waals surface area contributed by atoms with Crippen molar-refractivity contribution < 1.29 is 14.6 Å². The SMILES string of the molecule is COc1ccc(C(NC(=O)c2scnc2C)C2CC(O)C2)cn1. The van der Waals surface area contributed by atoms with Crippen molar-refractivity contribution in [1.29, 1.82) is 0 Å². The molecule has 1 unspecified atom stereocenters. The van der Waals surface area contributed by atoms with Gasteiger partial charge in [0.15, 0.2) is 0 Å². The number of aromatic nitrogens is 2. The van der Waals surface area contributed by atoms with Gasteiger partial charge in [-0.3, -0.25) is 4.79 Å². The average molecular weight is 333 g/mol. The van der Waals surface area contributed by atoms with Crippen molar-refractivity contribution in [2.75, 3.05) is 7.11 Å². The van der Waals surface area contributed by atoms with Crippen molar-refractivity contribution in [3.05, 3.63) is 40.0 Å². The number of nitrogens with zero attached hydrogens (tertiary/aromatic N) is 2. The number of rotatable bonds is 5. The average Bonchev–Trinajstić information content (AvgIpc) is 2.96. The number of hydrogen-bond donors (Lipinski definition) is 2. The summed E-state index contributed by atoms with van der Waals surface area (Å²) in [5.74, 6) is 0.607. The van der Waals surface area contributed by atoms with E-state index < -0.39 is 0 Å². The van der Waals surface area contributed by atoms with Crippen LogP contribution in [0.2, 0.25) is 0 Å². The predicted octanol–water partition coefficient (Wildman–Crippen LogP) is 2.10. The molecule has 23 heavy (non-hydrogen) atoms. The van der Waals surface area contributed by atoms with Gasteiger partial charge >= 0.3 is 0 Å². The van der Waals surface area contributed by atoms with Gasteiger partial charge in [0, 0.05) is 12.3 Å². The summed E-state index contributed by atoms with van der Waals surface area (Å²) in [6, 6.07) is 3.51. The lowest BCUT2D eigenvalue weighted by Crippen LogP contribution is -2.41. The summed E-state index contributed by atoms with van der Waals surface area (Å²) in [5, 5.41) is 12.7. The molecule has 2 aromatic heterocycles. The molecule has 2 aromatic rings. The molecule has 0 spiro atoms. The van der Waals surface area contributed by atoms with E-state index in [4.69, 9.17) is 4.74 Å². The Morgan fingerprint density at radius 3 is 2.74 bits per heavy atom. The second-order valence-electron chi connectivity index (χ2n) is 5.74. The van der Waals surface area contributed by atoms with Gasteiger partial charge in [-0.2, -0.15) is 0 Å². The molecule has 2 heterocycles. The number of nitrogens with one attached hydrogen (secondary N) is 1. The molecule has 1 atom stereocenters. The van der Waals surface area contributed by atoms with E-state index in [-0.39, 0.29) is 24.0 Å². The summed E-state index contributed by atoms with van der Waals surface area (Å²) in [7, 11) is 1.57. The molecule has 1 saturated carbocycles. The van der Waals surface area contributed by atoms with E-state index in [1.165, 1.54) is 11.3 Å². The minimum absolute atomic E-state index is 0.132. The Morgan fingerprint density at radius 2 is 2.22 bits per heavy atom. The second kappa shape index (κ2) is 6.64.